The molecule has 1 saturated heterocycles. The number of likely N-dealkylation sites (N-methyl/N-ethyl adjacent to an activating group) is 1. The van der Waals surface area contributed by atoms with E-state index in [0.29, 0.717) is 49.7 Å². The number of nitriles is 1. The first kappa shape index (κ1) is 35.6. The van der Waals surface area contributed by atoms with Crippen LogP contribution in [-0.4, -0.2) is 72.1 Å². The number of amides is 2. The molecule has 1 fully saturated rings. The molecule has 4 aromatic rings. The van der Waals surface area contributed by atoms with Gasteiger partial charge in [0.25, 0.3) is 5.91 Å². The molecular formula is C40H43FN6O3Si. The molecule has 0 radical (unpaired) electrons. The molecule has 0 aliphatic carbocycles. The molecule has 2 aliphatic rings. The van der Waals surface area contributed by atoms with Gasteiger partial charge in [0.05, 0.1) is 42.6 Å². The lowest BCUT2D eigenvalue weighted by atomic mass is 9.95. The minimum Gasteiger partial charge on any atom is -0.508 e. The molecule has 0 spiro atoms. The van der Waals surface area contributed by atoms with Crippen molar-refractivity contribution in [2.24, 2.45) is 0 Å². The second-order valence-electron chi connectivity index (χ2n) is 14.5. The minimum atomic E-state index is -2.10. The Labute approximate surface area is 299 Å². The number of nitrogens with zero attached hydrogens (tertiary/aromatic N) is 6. The maximum absolute atomic E-state index is 17.0. The summed E-state index contributed by atoms with van der Waals surface area (Å²) in [6.45, 7) is 17.4. The van der Waals surface area contributed by atoms with Crippen LogP contribution < -0.4 is 9.80 Å². The summed E-state index contributed by atoms with van der Waals surface area (Å²) < 4.78 is 17.0. The summed E-state index contributed by atoms with van der Waals surface area (Å²) in [4.78, 5) is 40.4. The van der Waals surface area contributed by atoms with Crippen LogP contribution in [0, 0.1) is 28.6 Å². The Balaban J connectivity index is 1.55. The maximum Gasteiger partial charge on any atom is 0.251 e. The van der Waals surface area contributed by atoms with Crippen molar-refractivity contribution < 1.29 is 19.1 Å². The van der Waals surface area contributed by atoms with Gasteiger partial charge in [0.1, 0.15) is 31.1 Å². The molecule has 2 aliphatic heterocycles. The van der Waals surface area contributed by atoms with Crippen LogP contribution in [0.3, 0.4) is 0 Å². The number of halogens is 1. The van der Waals surface area contributed by atoms with Gasteiger partial charge < -0.3 is 19.8 Å². The highest BCUT2D eigenvalue weighted by atomic mass is 28.3. The van der Waals surface area contributed by atoms with Crippen molar-refractivity contribution in [1.29, 1.82) is 5.26 Å². The molecule has 2 atom stereocenters. The van der Waals surface area contributed by atoms with E-state index in [4.69, 9.17) is 0 Å². The van der Waals surface area contributed by atoms with E-state index >= 15 is 4.39 Å². The summed E-state index contributed by atoms with van der Waals surface area (Å²) in [7, 11) is -0.475. The molecule has 262 valence electrons. The molecule has 2 aromatic heterocycles. The molecule has 2 aromatic carbocycles. The number of aromatic hydroxyl groups is 1. The number of phenols is 1. The van der Waals surface area contributed by atoms with E-state index < -0.39 is 26.0 Å². The molecule has 4 heterocycles. The van der Waals surface area contributed by atoms with Crippen LogP contribution in [0.5, 0.6) is 5.75 Å². The fourth-order valence-corrected chi connectivity index (χ4v) is 13.7. The Morgan fingerprint density at radius 2 is 1.82 bits per heavy atom. The monoisotopic (exact) mass is 702 g/mol. The SMILES string of the molecule is C=CC(=O)N1CC2C(=O)N(C)c3cnc4c(F)c(-c5cc(O)cc6cccc(C#C[Si](C(C)C)(C(C)C)C(C)C)c56)ncc4c3N2CC1CC#N. The maximum atomic E-state index is 17.0. The first-order chi connectivity index (χ1) is 24.3. The molecule has 9 nitrogen and oxygen atoms in total. The number of anilines is 2. The number of carbonyl (C=O) groups is 2. The fraction of sp³-hybridized carbons (Fsp3) is 0.375. The van der Waals surface area contributed by atoms with Gasteiger partial charge in [-0.2, -0.15) is 5.26 Å². The number of pyridine rings is 2. The zero-order valence-corrected chi connectivity index (χ0v) is 31.2. The van der Waals surface area contributed by atoms with Crippen LogP contribution in [0.15, 0.2) is 55.4 Å². The van der Waals surface area contributed by atoms with E-state index in [-0.39, 0.29) is 48.3 Å². The number of benzene rings is 2. The highest BCUT2D eigenvalue weighted by Crippen LogP contribution is 2.45. The van der Waals surface area contributed by atoms with Gasteiger partial charge in [0, 0.05) is 41.7 Å². The number of hydrogen-bond acceptors (Lipinski definition) is 7. The van der Waals surface area contributed by atoms with Crippen molar-refractivity contribution in [3.63, 3.8) is 0 Å². The van der Waals surface area contributed by atoms with Crippen LogP contribution in [0.1, 0.15) is 53.5 Å². The average molecular weight is 703 g/mol. The molecule has 2 amide bonds. The Kier molecular flexibility index (Phi) is 9.38. The lowest BCUT2D eigenvalue weighted by Gasteiger charge is -2.50. The lowest BCUT2D eigenvalue weighted by Crippen LogP contribution is -2.66. The molecule has 0 bridgehead atoms. The third kappa shape index (κ3) is 5.70. The number of aromatic nitrogens is 2. The number of phenolic OH excluding ortho intramolecular Hbond substituents is 1. The van der Waals surface area contributed by atoms with E-state index in [1.54, 1.807) is 19.3 Å². The largest absolute Gasteiger partial charge is 0.508 e. The molecule has 6 rings (SSSR count). The topological polar surface area (TPSA) is 114 Å². The van der Waals surface area contributed by atoms with Gasteiger partial charge in [-0.05, 0) is 46.3 Å². The molecule has 2 unspecified atom stereocenters. The second kappa shape index (κ2) is 13.5. The zero-order chi connectivity index (χ0) is 36.9. The zero-order valence-electron chi connectivity index (χ0n) is 30.2. The van der Waals surface area contributed by atoms with Gasteiger partial charge in [-0.3, -0.25) is 19.6 Å². The van der Waals surface area contributed by atoms with Crippen LogP contribution >= 0.6 is 0 Å². The highest BCUT2D eigenvalue weighted by Gasteiger charge is 2.46. The number of rotatable bonds is 6. The first-order valence-corrected chi connectivity index (χ1v) is 19.6. The Hall–Kier alpha value is -5.26. The predicted octanol–water partition coefficient (Wildman–Crippen LogP) is 7.33. The Morgan fingerprint density at radius 3 is 2.47 bits per heavy atom. The summed E-state index contributed by atoms with van der Waals surface area (Å²) in [5.41, 5.74) is 7.30. The molecule has 1 N–H and O–H groups in total. The fourth-order valence-electron chi connectivity index (χ4n) is 8.50. The Bertz CT molecular complexity index is 2180. The molecule has 0 saturated carbocycles. The third-order valence-corrected chi connectivity index (χ3v) is 17.2. The summed E-state index contributed by atoms with van der Waals surface area (Å²) in [5.74, 6) is 2.22. The van der Waals surface area contributed by atoms with Crippen LogP contribution in [0.4, 0.5) is 15.8 Å². The summed E-state index contributed by atoms with van der Waals surface area (Å²) in [6, 6.07) is 9.75. The summed E-state index contributed by atoms with van der Waals surface area (Å²) >= 11 is 0. The van der Waals surface area contributed by atoms with Crippen molar-refractivity contribution in [1.82, 2.24) is 14.9 Å². The Morgan fingerprint density at radius 1 is 1.12 bits per heavy atom. The molecule has 11 heteroatoms. The number of piperazine rings is 1. The quantitative estimate of drug-likeness (QED) is 0.127. The number of hydrogen-bond donors (Lipinski definition) is 1. The number of fused-ring (bicyclic) bond motifs is 6. The van der Waals surface area contributed by atoms with Crippen LogP contribution in [0.25, 0.3) is 32.9 Å². The van der Waals surface area contributed by atoms with Crippen molar-refractivity contribution in [2.75, 3.05) is 29.9 Å². The van der Waals surface area contributed by atoms with Crippen molar-refractivity contribution >= 4 is 52.9 Å². The van der Waals surface area contributed by atoms with E-state index in [2.05, 4.69) is 75.6 Å². The van der Waals surface area contributed by atoms with Gasteiger partial charge in [-0.15, -0.1) is 5.54 Å². The van der Waals surface area contributed by atoms with E-state index in [0.717, 1.165) is 5.56 Å². The van der Waals surface area contributed by atoms with Crippen molar-refractivity contribution in [3.8, 4) is 34.5 Å². The van der Waals surface area contributed by atoms with Gasteiger partial charge in [-0.25, -0.2) is 4.39 Å². The smallest absolute Gasteiger partial charge is 0.251 e. The van der Waals surface area contributed by atoms with Crippen molar-refractivity contribution in [2.45, 2.75) is 76.7 Å². The predicted molar refractivity (Wildman–Crippen MR) is 203 cm³/mol. The van der Waals surface area contributed by atoms with E-state index in [9.17, 15) is 20.0 Å². The number of carbonyl (C=O) groups excluding carboxylic acids is 2. The van der Waals surface area contributed by atoms with Gasteiger partial charge in [0.15, 0.2) is 5.82 Å². The first-order valence-electron chi connectivity index (χ1n) is 17.4. The highest BCUT2D eigenvalue weighted by molar-refractivity contribution is 6.90. The second-order valence-corrected chi connectivity index (χ2v) is 20.1. The van der Waals surface area contributed by atoms with Crippen molar-refractivity contribution in [3.05, 3.63) is 66.8 Å². The minimum absolute atomic E-state index is 0.0192. The lowest BCUT2D eigenvalue weighted by molar-refractivity contribution is -0.131. The van der Waals surface area contributed by atoms with Gasteiger partial charge in [-0.1, -0.05) is 66.2 Å². The standard InChI is InChI=1S/C40H43FN6O3Si/c1-9-34(49)46-22-33-40(50)45(8)32-20-44-38-31(39(32)47(33)21-28(46)13-15-42)19-43-37(36(38)41)30-18-29(48)17-27-12-10-11-26(35(27)30)14-16-51(23(2)3,24(4)5)25(6)7/h9-12,17-20,23-25,28,33,48H,1,13,21-22H2,2-8H3. The molecule has 51 heavy (non-hydrogen) atoms. The summed E-state index contributed by atoms with van der Waals surface area (Å²) in [5, 5.41) is 22.2. The van der Waals surface area contributed by atoms with Gasteiger partial charge >= 0.3 is 0 Å². The summed E-state index contributed by atoms with van der Waals surface area (Å²) in [6.07, 6.45) is 4.27. The molecular weight excluding hydrogens is 660 g/mol. The van der Waals surface area contributed by atoms with Crippen LogP contribution in [-0.2, 0) is 9.59 Å². The average Bonchev–Trinajstić information content (AvgIpc) is 3.09. The van der Waals surface area contributed by atoms with E-state index in [1.807, 2.05) is 23.1 Å². The van der Waals surface area contributed by atoms with Crippen LogP contribution in [0.2, 0.25) is 16.6 Å². The normalized spacial score (nSPS) is 17.5. The van der Waals surface area contributed by atoms with Gasteiger partial charge in [0.2, 0.25) is 5.91 Å². The van der Waals surface area contributed by atoms with E-state index in [1.165, 1.54) is 28.1 Å². The third-order valence-electron chi connectivity index (χ3n) is 10.9.